The number of aromatic nitrogens is 2. The Morgan fingerprint density at radius 3 is 2.69 bits per heavy atom. The minimum atomic E-state index is -0.381. The molecule has 1 aromatic heterocycles. The van der Waals surface area contributed by atoms with Crippen molar-refractivity contribution < 1.29 is 4.39 Å². The van der Waals surface area contributed by atoms with Gasteiger partial charge in [0.1, 0.15) is 17.3 Å². The molecule has 0 atom stereocenters. The van der Waals surface area contributed by atoms with Gasteiger partial charge in [-0.05, 0) is 25.1 Å². The number of rotatable bonds is 1. The number of nitrogens with two attached hydrogens (primary N) is 2. The first-order chi connectivity index (χ1) is 7.50. The van der Waals surface area contributed by atoms with E-state index in [-0.39, 0.29) is 11.6 Å². The number of anilines is 1. The average molecular weight is 285 g/mol. The maximum absolute atomic E-state index is 13.6. The largest absolute Gasteiger partial charge is 0.382 e. The van der Waals surface area contributed by atoms with Crippen LogP contribution < -0.4 is 11.6 Å². The number of hydrogen-bond donors (Lipinski definition) is 2. The molecule has 0 aliphatic carbocycles. The Balaban J connectivity index is 2.67. The fourth-order valence-corrected chi connectivity index (χ4v) is 1.80. The second-order valence-electron chi connectivity index (χ2n) is 3.39. The molecule has 1 aromatic carbocycles. The van der Waals surface area contributed by atoms with Gasteiger partial charge in [0.05, 0.1) is 0 Å². The Bertz CT molecular complexity index is 550. The van der Waals surface area contributed by atoms with Crippen molar-refractivity contribution in [1.29, 1.82) is 0 Å². The zero-order valence-corrected chi connectivity index (χ0v) is 10.1. The monoisotopic (exact) mass is 284 g/mol. The van der Waals surface area contributed by atoms with E-state index in [0.717, 1.165) is 4.47 Å². The van der Waals surface area contributed by atoms with Gasteiger partial charge in [-0.2, -0.15) is 0 Å². The van der Waals surface area contributed by atoms with Crippen molar-refractivity contribution in [3.05, 3.63) is 34.3 Å². The molecule has 1 heterocycles. The van der Waals surface area contributed by atoms with Crippen molar-refractivity contribution >= 4 is 21.7 Å². The number of imidazole rings is 1. The number of hydrogen-bond acceptors (Lipinski definition) is 3. The van der Waals surface area contributed by atoms with E-state index in [2.05, 4.69) is 20.9 Å². The van der Waals surface area contributed by atoms with Crippen LogP contribution in [0.4, 0.5) is 10.2 Å². The molecule has 0 saturated heterocycles. The van der Waals surface area contributed by atoms with Crippen molar-refractivity contribution in [1.82, 2.24) is 9.66 Å². The number of halogens is 2. The second kappa shape index (κ2) is 3.79. The number of nitrogen functional groups attached to an aromatic ring is 2. The van der Waals surface area contributed by atoms with Crippen LogP contribution in [0.25, 0.3) is 11.3 Å². The lowest BCUT2D eigenvalue weighted by molar-refractivity contribution is 0.630. The summed E-state index contributed by atoms with van der Waals surface area (Å²) >= 11 is 3.27. The molecule has 0 fully saturated rings. The van der Waals surface area contributed by atoms with Gasteiger partial charge >= 0.3 is 0 Å². The summed E-state index contributed by atoms with van der Waals surface area (Å²) in [4.78, 5) is 4.13. The molecule has 0 aliphatic rings. The van der Waals surface area contributed by atoms with E-state index in [1.165, 1.54) is 10.7 Å². The topological polar surface area (TPSA) is 69.9 Å². The third-order valence-electron chi connectivity index (χ3n) is 2.31. The first kappa shape index (κ1) is 10.9. The molecule has 6 heteroatoms. The second-order valence-corrected chi connectivity index (χ2v) is 4.30. The summed E-state index contributed by atoms with van der Waals surface area (Å²) < 4.78 is 15.6. The molecule has 0 bridgehead atoms. The Morgan fingerprint density at radius 2 is 2.12 bits per heavy atom. The highest BCUT2D eigenvalue weighted by atomic mass is 79.9. The molecule has 84 valence electrons. The zero-order valence-electron chi connectivity index (χ0n) is 8.54. The minimum absolute atomic E-state index is 0.245. The Morgan fingerprint density at radius 1 is 1.44 bits per heavy atom. The first-order valence-electron chi connectivity index (χ1n) is 4.56. The predicted molar refractivity (Wildman–Crippen MR) is 64.6 cm³/mol. The van der Waals surface area contributed by atoms with E-state index in [0.29, 0.717) is 17.1 Å². The normalized spacial score (nSPS) is 10.7. The smallest absolute Gasteiger partial charge is 0.150 e. The Hall–Kier alpha value is -1.56. The van der Waals surface area contributed by atoms with E-state index in [1.807, 2.05) is 0 Å². The Kier molecular flexibility index (Phi) is 2.59. The summed E-state index contributed by atoms with van der Waals surface area (Å²) in [5.74, 6) is 6.02. The van der Waals surface area contributed by atoms with Crippen LogP contribution in [0, 0.1) is 12.7 Å². The highest BCUT2D eigenvalue weighted by Gasteiger charge is 2.15. The molecule has 4 nitrogen and oxygen atoms in total. The third kappa shape index (κ3) is 1.65. The molecule has 0 saturated carbocycles. The van der Waals surface area contributed by atoms with Gasteiger partial charge in [0.2, 0.25) is 0 Å². The molecule has 0 unspecified atom stereocenters. The van der Waals surface area contributed by atoms with Crippen LogP contribution >= 0.6 is 15.9 Å². The number of benzene rings is 1. The molecule has 2 aromatic rings. The van der Waals surface area contributed by atoms with Gasteiger partial charge in [-0.15, -0.1) is 0 Å². The van der Waals surface area contributed by atoms with Gasteiger partial charge in [-0.1, -0.05) is 15.9 Å². The molecule has 0 radical (unpaired) electrons. The molecular formula is C10H10BrFN4. The van der Waals surface area contributed by atoms with Crippen molar-refractivity contribution in [2.75, 3.05) is 11.6 Å². The van der Waals surface area contributed by atoms with Gasteiger partial charge in [-0.25, -0.2) is 14.1 Å². The van der Waals surface area contributed by atoms with Gasteiger partial charge in [-0.3, -0.25) is 0 Å². The predicted octanol–water partition coefficient (Wildman–Crippen LogP) is 2.06. The van der Waals surface area contributed by atoms with E-state index in [4.69, 9.17) is 11.6 Å². The van der Waals surface area contributed by atoms with Crippen LogP contribution in [0.5, 0.6) is 0 Å². The summed E-state index contributed by atoms with van der Waals surface area (Å²) in [6.45, 7) is 1.70. The van der Waals surface area contributed by atoms with Crippen LogP contribution in [0.2, 0.25) is 0 Å². The summed E-state index contributed by atoms with van der Waals surface area (Å²) in [6.07, 6.45) is 0. The van der Waals surface area contributed by atoms with E-state index in [1.54, 1.807) is 19.1 Å². The van der Waals surface area contributed by atoms with Crippen molar-refractivity contribution in [3.63, 3.8) is 0 Å². The fourth-order valence-electron chi connectivity index (χ4n) is 1.44. The molecule has 0 amide bonds. The van der Waals surface area contributed by atoms with Crippen LogP contribution in [0.15, 0.2) is 22.7 Å². The molecule has 2 rings (SSSR count). The fraction of sp³-hybridized carbons (Fsp3) is 0.100. The third-order valence-corrected chi connectivity index (χ3v) is 2.80. The molecule has 4 N–H and O–H groups in total. The Labute approximate surface area is 100 Å². The van der Waals surface area contributed by atoms with Gasteiger partial charge in [0.25, 0.3) is 0 Å². The lowest BCUT2D eigenvalue weighted by atomic mass is 10.1. The summed E-state index contributed by atoms with van der Waals surface area (Å²) in [7, 11) is 0. The molecular weight excluding hydrogens is 275 g/mol. The summed E-state index contributed by atoms with van der Waals surface area (Å²) in [5.41, 5.74) is 6.44. The number of aryl methyl sites for hydroxylation is 1. The summed E-state index contributed by atoms with van der Waals surface area (Å²) in [6, 6.07) is 4.58. The standard InChI is InChI=1S/C10H10BrFN4/c1-5-15-9(10(13)16(5)14)7-4-6(11)2-3-8(7)12/h2-4H,13-14H2,1H3. The van der Waals surface area contributed by atoms with E-state index < -0.39 is 0 Å². The van der Waals surface area contributed by atoms with Crippen molar-refractivity contribution in [3.8, 4) is 11.3 Å². The molecule has 16 heavy (non-hydrogen) atoms. The highest BCUT2D eigenvalue weighted by Crippen LogP contribution is 2.29. The summed E-state index contributed by atoms with van der Waals surface area (Å²) in [5, 5.41) is 0. The lowest BCUT2D eigenvalue weighted by Gasteiger charge is -2.02. The van der Waals surface area contributed by atoms with Crippen molar-refractivity contribution in [2.45, 2.75) is 6.92 Å². The minimum Gasteiger partial charge on any atom is -0.382 e. The molecule has 0 spiro atoms. The van der Waals surface area contributed by atoms with Gasteiger partial charge in [0, 0.05) is 10.0 Å². The quantitative estimate of drug-likeness (QED) is 0.788. The zero-order chi connectivity index (χ0) is 11.9. The van der Waals surface area contributed by atoms with Gasteiger partial charge < -0.3 is 11.6 Å². The van der Waals surface area contributed by atoms with Crippen LogP contribution in [-0.4, -0.2) is 9.66 Å². The van der Waals surface area contributed by atoms with Crippen LogP contribution in [0.3, 0.4) is 0 Å². The van der Waals surface area contributed by atoms with Crippen LogP contribution in [-0.2, 0) is 0 Å². The van der Waals surface area contributed by atoms with Crippen LogP contribution in [0.1, 0.15) is 5.82 Å². The highest BCUT2D eigenvalue weighted by molar-refractivity contribution is 9.10. The first-order valence-corrected chi connectivity index (χ1v) is 5.35. The van der Waals surface area contributed by atoms with E-state index >= 15 is 0 Å². The van der Waals surface area contributed by atoms with E-state index in [9.17, 15) is 4.39 Å². The maximum Gasteiger partial charge on any atom is 0.150 e. The SMILES string of the molecule is Cc1nc(-c2cc(Br)ccc2F)c(N)n1N. The molecule has 0 aliphatic heterocycles. The average Bonchev–Trinajstić information content (AvgIpc) is 2.50. The maximum atomic E-state index is 13.6. The van der Waals surface area contributed by atoms with Gasteiger partial charge in [0.15, 0.2) is 5.82 Å². The lowest BCUT2D eigenvalue weighted by Crippen LogP contribution is -2.13. The number of nitrogens with zero attached hydrogens (tertiary/aromatic N) is 2. The van der Waals surface area contributed by atoms with Crippen molar-refractivity contribution in [2.24, 2.45) is 0 Å².